The molecule has 0 nitrogen and oxygen atoms in total. The Morgan fingerprint density at radius 1 is 0.0758 bits per heavy atom. The number of fused-ring (bicyclic) bond motifs is 12. The van der Waals surface area contributed by atoms with Gasteiger partial charge in [-0.05, 0) is 288 Å². The predicted octanol–water partition coefficient (Wildman–Crippen LogP) is 37.2. The van der Waals surface area contributed by atoms with Crippen LogP contribution in [0.3, 0.4) is 0 Å². The average Bonchev–Trinajstić information content (AvgIpc) is 0.738. The summed E-state index contributed by atoms with van der Waals surface area (Å²) in [5, 5.41) is 30.5. The molecular formula is C132H86. The van der Waals surface area contributed by atoms with E-state index in [-0.39, 0.29) is 0 Å². The molecular weight excluding hydrogens is 1590 g/mol. The molecule has 0 atom stereocenters. The summed E-state index contributed by atoms with van der Waals surface area (Å²) < 4.78 is 0. The van der Waals surface area contributed by atoms with Gasteiger partial charge in [-0.2, -0.15) is 0 Å². The monoisotopic (exact) mass is 1670 g/mol. The largest absolute Gasteiger partial charge is 0.0622 e. The molecule has 132 heavy (non-hydrogen) atoms. The third kappa shape index (κ3) is 14.4. The van der Waals surface area contributed by atoms with Gasteiger partial charge in [-0.3, -0.25) is 0 Å². The summed E-state index contributed by atoms with van der Waals surface area (Å²) in [7, 11) is 0. The second kappa shape index (κ2) is 33.9. The summed E-state index contributed by atoms with van der Waals surface area (Å²) in [4.78, 5) is 0. The molecule has 0 aliphatic heterocycles. The van der Waals surface area contributed by atoms with Crippen LogP contribution in [0.15, 0.2) is 522 Å². The molecule has 0 heterocycles. The van der Waals surface area contributed by atoms with Crippen molar-refractivity contribution in [3.05, 3.63) is 522 Å². The quantitative estimate of drug-likeness (QED) is 0.113. The summed E-state index contributed by atoms with van der Waals surface area (Å²) in [5.41, 5.74) is 27.6. The van der Waals surface area contributed by atoms with Crippen LogP contribution in [0.2, 0.25) is 0 Å². The fourth-order valence-electron chi connectivity index (χ4n) is 20.8. The van der Waals surface area contributed by atoms with E-state index in [1.807, 2.05) is 0 Å². The Hall–Kier alpha value is -17.2. The van der Waals surface area contributed by atoms with Crippen molar-refractivity contribution in [1.29, 1.82) is 0 Å². The van der Waals surface area contributed by atoms with E-state index in [1.54, 1.807) is 0 Å². The second-order valence-corrected chi connectivity index (χ2v) is 34.7. The molecule has 0 saturated heterocycles. The molecule has 26 aromatic rings. The maximum absolute atomic E-state index is 2.36. The molecule has 0 amide bonds. The maximum Gasteiger partial charge on any atom is -0.00262 e. The van der Waals surface area contributed by atoms with Crippen LogP contribution in [0.5, 0.6) is 0 Å². The second-order valence-electron chi connectivity index (χ2n) is 34.7. The molecule has 0 fully saturated rings. The molecule has 0 N–H and O–H groups in total. The van der Waals surface area contributed by atoms with Crippen LogP contribution in [0.4, 0.5) is 0 Å². The lowest BCUT2D eigenvalue weighted by molar-refractivity contribution is 1.63. The molecule has 0 heteroatoms. The standard InChI is InChI=1S/2C46H30.C40H26/c1-2-11-31(12-3-1)35-25-26-37-30-38(28-27-36(37)29-35)46-43-18-8-6-16-41(43)45(42-17-7-9-19-44(42)46)34-23-21-33(22-24-34)40-20-10-14-32-13-4-5-15-39(32)40;1-2-10-31(11-3-1)36-24-25-39-30-40(27-26-38(39)29-36)46-43-16-8-6-14-41(43)45(42-15-7-9-17-44(42)46)34-21-18-33(19-22-34)37-23-20-32-12-4-5-13-35(32)28-37;1-2-12-31-26-32(25-20-27(31)10-1)40-37-17-7-5-15-35(37)39(36-16-6-8-18-38(36)40)30-23-21-29(22-24-30)34-19-9-13-28-11-3-4-14-33(28)34/h2*1-30H;1-26H. The fourth-order valence-corrected chi connectivity index (χ4v) is 20.8. The molecule has 0 aliphatic carbocycles. The van der Waals surface area contributed by atoms with E-state index >= 15 is 0 Å². The molecule has 614 valence electrons. The lowest BCUT2D eigenvalue weighted by Gasteiger charge is -2.18. The summed E-state index contributed by atoms with van der Waals surface area (Å²) in [6, 6.07) is 191. The van der Waals surface area contributed by atoms with Gasteiger partial charge in [-0.1, -0.05) is 485 Å². The van der Waals surface area contributed by atoms with Gasteiger partial charge in [0.25, 0.3) is 0 Å². The van der Waals surface area contributed by atoms with Gasteiger partial charge < -0.3 is 0 Å². The van der Waals surface area contributed by atoms with E-state index in [0.717, 1.165) is 0 Å². The van der Waals surface area contributed by atoms with Gasteiger partial charge in [0.05, 0.1) is 0 Å². The van der Waals surface area contributed by atoms with Crippen molar-refractivity contribution >= 4 is 129 Å². The molecule has 0 aliphatic rings. The van der Waals surface area contributed by atoms with Crippen LogP contribution in [0, 0.1) is 0 Å². The molecule has 0 aromatic heterocycles. The minimum Gasteiger partial charge on any atom is -0.0622 e. The fraction of sp³-hybridized carbons (Fsp3) is 0. The molecule has 0 unspecified atom stereocenters. The Morgan fingerprint density at radius 2 is 0.242 bits per heavy atom. The minimum atomic E-state index is 1.23. The minimum absolute atomic E-state index is 1.23. The summed E-state index contributed by atoms with van der Waals surface area (Å²) >= 11 is 0. The lowest BCUT2D eigenvalue weighted by atomic mass is 9.85. The highest BCUT2D eigenvalue weighted by Crippen LogP contribution is 2.50. The topological polar surface area (TPSA) is 0 Å². The first-order chi connectivity index (χ1) is 65.5. The SMILES string of the molecule is c1ccc(-c2ccc3cc(-c4c5ccccc5c(-c5ccc(-c6ccc7ccccc7c6)cc5)c5ccccc45)ccc3c2)cc1.c1ccc(-c2ccc3cc(-c4c5ccccc5c(-c5ccc(-c6cccc7ccccc67)cc5)c5ccccc45)ccc3c2)cc1.c1ccc2cc(-c3c4ccccc4c(-c4ccc(-c5cccc6ccccc56)cc4)c4ccccc34)ccc2c1. The van der Waals surface area contributed by atoms with E-state index in [0.29, 0.717) is 0 Å². The molecule has 0 spiro atoms. The van der Waals surface area contributed by atoms with E-state index in [9.17, 15) is 0 Å². The van der Waals surface area contributed by atoms with Crippen LogP contribution >= 0.6 is 0 Å². The van der Waals surface area contributed by atoms with Gasteiger partial charge in [-0.25, -0.2) is 0 Å². The zero-order valence-corrected chi connectivity index (χ0v) is 72.7. The van der Waals surface area contributed by atoms with Crippen molar-refractivity contribution in [1.82, 2.24) is 0 Å². The first-order valence-electron chi connectivity index (χ1n) is 45.7. The highest BCUT2D eigenvalue weighted by Gasteiger charge is 2.23. The Balaban J connectivity index is 0.000000110. The summed E-state index contributed by atoms with van der Waals surface area (Å²) in [6.07, 6.45) is 0. The van der Waals surface area contributed by atoms with Gasteiger partial charge >= 0.3 is 0 Å². The van der Waals surface area contributed by atoms with Gasteiger partial charge in [0.2, 0.25) is 0 Å². The van der Waals surface area contributed by atoms with Gasteiger partial charge in [0.15, 0.2) is 0 Å². The van der Waals surface area contributed by atoms with Crippen molar-refractivity contribution < 1.29 is 0 Å². The van der Waals surface area contributed by atoms with E-state index in [1.165, 1.54) is 252 Å². The highest BCUT2D eigenvalue weighted by atomic mass is 14.3. The zero-order valence-electron chi connectivity index (χ0n) is 72.7. The Labute approximate surface area is 767 Å². The summed E-state index contributed by atoms with van der Waals surface area (Å²) in [5.74, 6) is 0. The van der Waals surface area contributed by atoms with Crippen LogP contribution < -0.4 is 0 Å². The Kier molecular flexibility index (Phi) is 20.1. The third-order valence-electron chi connectivity index (χ3n) is 27.1. The number of benzene rings is 26. The first-order valence-corrected chi connectivity index (χ1v) is 45.7. The smallest absolute Gasteiger partial charge is 0.00262 e. The lowest BCUT2D eigenvalue weighted by Crippen LogP contribution is -1.91. The van der Waals surface area contributed by atoms with Gasteiger partial charge in [-0.15, -0.1) is 0 Å². The molecule has 0 saturated carbocycles. The average molecular weight is 1670 g/mol. The van der Waals surface area contributed by atoms with Crippen LogP contribution in [0.25, 0.3) is 252 Å². The van der Waals surface area contributed by atoms with E-state index in [4.69, 9.17) is 0 Å². The maximum atomic E-state index is 2.36. The molecule has 26 aromatic carbocycles. The third-order valence-corrected chi connectivity index (χ3v) is 27.1. The highest BCUT2D eigenvalue weighted by molar-refractivity contribution is 6.25. The van der Waals surface area contributed by atoms with Crippen molar-refractivity contribution in [3.63, 3.8) is 0 Å². The van der Waals surface area contributed by atoms with Gasteiger partial charge in [0, 0.05) is 0 Å². The zero-order chi connectivity index (χ0) is 87.4. The predicted molar refractivity (Wildman–Crippen MR) is 569 cm³/mol. The first kappa shape index (κ1) is 78.3. The van der Waals surface area contributed by atoms with E-state index in [2.05, 4.69) is 522 Å². The Morgan fingerprint density at radius 3 is 0.523 bits per heavy atom. The van der Waals surface area contributed by atoms with Crippen LogP contribution in [0.1, 0.15) is 0 Å². The van der Waals surface area contributed by atoms with Gasteiger partial charge in [0.1, 0.15) is 0 Å². The molecule has 26 rings (SSSR count). The van der Waals surface area contributed by atoms with Crippen molar-refractivity contribution in [2.45, 2.75) is 0 Å². The van der Waals surface area contributed by atoms with Crippen molar-refractivity contribution in [2.24, 2.45) is 0 Å². The van der Waals surface area contributed by atoms with Crippen LogP contribution in [-0.2, 0) is 0 Å². The number of hydrogen-bond donors (Lipinski definition) is 0. The van der Waals surface area contributed by atoms with Crippen molar-refractivity contribution in [2.75, 3.05) is 0 Å². The molecule has 0 radical (unpaired) electrons. The number of rotatable bonds is 11. The van der Waals surface area contributed by atoms with Crippen LogP contribution in [-0.4, -0.2) is 0 Å². The normalized spacial score (nSPS) is 11.5. The number of hydrogen-bond acceptors (Lipinski definition) is 0. The molecule has 0 bridgehead atoms. The Bertz CT molecular complexity index is 8780. The van der Waals surface area contributed by atoms with E-state index < -0.39 is 0 Å². The van der Waals surface area contributed by atoms with Crippen molar-refractivity contribution in [3.8, 4) is 122 Å². The summed E-state index contributed by atoms with van der Waals surface area (Å²) in [6.45, 7) is 0.